The average Bonchev–Trinajstić information content (AvgIpc) is 2.59. The minimum Gasteiger partial charge on any atom is -0.759 e. The number of rotatable bonds is 6. The monoisotopic (exact) mass is 368 g/mol. The smallest absolute Gasteiger partial charge is 0.168 e. The molecule has 0 N–H and O–H groups in total. The second-order valence-electron chi connectivity index (χ2n) is 5.34. The quantitative estimate of drug-likeness (QED) is 0.444. The first-order valence-corrected chi connectivity index (χ1v) is 9.75. The fourth-order valence-electron chi connectivity index (χ4n) is 1.85. The summed E-state index contributed by atoms with van der Waals surface area (Å²) in [5.41, 5.74) is 0. The topological polar surface area (TPSA) is 88.0 Å². The van der Waals surface area contributed by atoms with E-state index < -0.39 is 10.4 Å². The van der Waals surface area contributed by atoms with E-state index in [2.05, 4.69) is 72.0 Å². The van der Waals surface area contributed by atoms with Gasteiger partial charge in [-0.05, 0) is 0 Å². The Hall–Kier alpha value is -1.83. The molecule has 0 aliphatic heterocycles. The maximum absolute atomic E-state index is 8.52. The van der Waals surface area contributed by atoms with Gasteiger partial charge in [0, 0.05) is 47.5 Å². The molecule has 0 aromatic carbocycles. The molecule has 7 heteroatoms. The highest BCUT2D eigenvalue weighted by Crippen LogP contribution is 1.86. The molecular weight excluding hydrogens is 340 g/mol. The lowest BCUT2D eigenvalue weighted by Crippen LogP contribution is -2.31. The van der Waals surface area contributed by atoms with Crippen molar-refractivity contribution in [3.05, 3.63) is 61.2 Å². The Kier molecular flexibility index (Phi) is 13.4. The Balaban J connectivity index is 0.000000368. The van der Waals surface area contributed by atoms with Gasteiger partial charge in [-0.2, -0.15) is 0 Å². The van der Waals surface area contributed by atoms with E-state index in [4.69, 9.17) is 17.5 Å². The molecule has 0 atom stereocenters. The van der Waals surface area contributed by atoms with Gasteiger partial charge < -0.3 is 9.11 Å². The minimum absolute atomic E-state index is 1.15. The van der Waals surface area contributed by atoms with E-state index in [9.17, 15) is 0 Å². The molecule has 140 valence electrons. The Morgan fingerprint density at radius 3 is 1.20 bits per heavy atom. The van der Waals surface area contributed by atoms with Crippen LogP contribution in [-0.2, 0) is 23.5 Å². The predicted octanol–water partition coefficient (Wildman–Crippen LogP) is 2.21. The van der Waals surface area contributed by atoms with Gasteiger partial charge in [0.05, 0.1) is 0 Å². The summed E-state index contributed by atoms with van der Waals surface area (Å²) in [5, 5.41) is 0. The van der Waals surface area contributed by atoms with Gasteiger partial charge in [0.25, 0.3) is 0 Å². The van der Waals surface area contributed by atoms with E-state index in [0.717, 1.165) is 13.1 Å². The molecule has 0 spiro atoms. The molecule has 2 aromatic rings. The number of aromatic nitrogens is 2. The van der Waals surface area contributed by atoms with Crippen molar-refractivity contribution < 1.29 is 26.7 Å². The molecule has 6 nitrogen and oxygen atoms in total. The van der Waals surface area contributed by atoms with Gasteiger partial charge in [-0.15, -0.1) is 0 Å². The third-order valence-corrected chi connectivity index (χ3v) is 3.09. The van der Waals surface area contributed by atoms with E-state index in [1.165, 1.54) is 25.7 Å². The SMILES string of the molecule is CCCC[n+]1ccccc1.CCCC[n+]1ccccc1.O=S(=O)([O-])[O-]. The average molecular weight is 368 g/mol. The van der Waals surface area contributed by atoms with Crippen LogP contribution in [0.25, 0.3) is 0 Å². The summed E-state index contributed by atoms with van der Waals surface area (Å²) >= 11 is 0. The molecule has 25 heavy (non-hydrogen) atoms. The van der Waals surface area contributed by atoms with Crippen molar-refractivity contribution in [2.24, 2.45) is 0 Å². The first-order chi connectivity index (χ1) is 11.9. The van der Waals surface area contributed by atoms with Crippen LogP contribution in [0.5, 0.6) is 0 Å². The molecular formula is C18H28N2O4S. The van der Waals surface area contributed by atoms with Crippen molar-refractivity contribution in [3.63, 3.8) is 0 Å². The molecule has 2 aromatic heterocycles. The third-order valence-electron chi connectivity index (χ3n) is 3.09. The fraction of sp³-hybridized carbons (Fsp3) is 0.444. The summed E-state index contributed by atoms with van der Waals surface area (Å²) in [6.45, 7) is 6.72. The normalized spacial score (nSPS) is 10.1. The predicted molar refractivity (Wildman–Crippen MR) is 93.6 cm³/mol. The maximum atomic E-state index is 8.52. The first kappa shape index (κ1) is 23.2. The number of pyridine rings is 2. The number of hydrogen-bond acceptors (Lipinski definition) is 4. The third kappa shape index (κ3) is 18.4. The van der Waals surface area contributed by atoms with Crippen molar-refractivity contribution in [1.29, 1.82) is 0 Å². The van der Waals surface area contributed by atoms with Crippen molar-refractivity contribution in [1.82, 2.24) is 0 Å². The largest absolute Gasteiger partial charge is 0.759 e. The van der Waals surface area contributed by atoms with E-state index in [1.54, 1.807) is 0 Å². The van der Waals surface area contributed by atoms with E-state index in [1.807, 2.05) is 12.1 Å². The number of hydrogen-bond donors (Lipinski definition) is 0. The Morgan fingerprint density at radius 2 is 0.960 bits per heavy atom. The molecule has 0 amide bonds. The summed E-state index contributed by atoms with van der Waals surface area (Å²) in [6, 6.07) is 12.3. The Labute approximate surface area is 151 Å². The minimum atomic E-state index is -5.17. The highest BCUT2D eigenvalue weighted by atomic mass is 32.3. The van der Waals surface area contributed by atoms with Gasteiger partial charge in [-0.25, -0.2) is 9.13 Å². The first-order valence-electron chi connectivity index (χ1n) is 8.41. The zero-order valence-corrected chi connectivity index (χ0v) is 15.8. The summed E-state index contributed by atoms with van der Waals surface area (Å²) < 4.78 is 38.5. The molecule has 2 heterocycles. The lowest BCUT2D eigenvalue weighted by molar-refractivity contribution is -0.697. The van der Waals surface area contributed by atoms with Gasteiger partial charge in [0.2, 0.25) is 0 Å². The van der Waals surface area contributed by atoms with Gasteiger partial charge in [-0.3, -0.25) is 8.42 Å². The van der Waals surface area contributed by atoms with Crippen LogP contribution in [0.3, 0.4) is 0 Å². The Morgan fingerprint density at radius 1 is 0.680 bits per heavy atom. The summed E-state index contributed by atoms with van der Waals surface area (Å²) in [6.07, 6.45) is 13.5. The second kappa shape index (κ2) is 14.5. The highest BCUT2D eigenvalue weighted by Gasteiger charge is 1.94. The molecule has 2 rings (SSSR count). The van der Waals surface area contributed by atoms with Gasteiger partial charge in [-0.1, -0.05) is 38.8 Å². The van der Waals surface area contributed by atoms with Crippen LogP contribution < -0.4 is 9.13 Å². The van der Waals surface area contributed by atoms with Crippen LogP contribution >= 0.6 is 0 Å². The molecule has 0 unspecified atom stereocenters. The molecule has 0 bridgehead atoms. The lowest BCUT2D eigenvalue weighted by Gasteiger charge is -2.06. The van der Waals surface area contributed by atoms with Gasteiger partial charge in [0.1, 0.15) is 13.1 Å². The zero-order chi connectivity index (χ0) is 19.0. The number of unbranched alkanes of at least 4 members (excludes halogenated alkanes) is 2. The van der Waals surface area contributed by atoms with Crippen LogP contribution in [0.1, 0.15) is 39.5 Å². The van der Waals surface area contributed by atoms with Crippen LogP contribution in [0, 0.1) is 0 Å². The Bertz CT molecular complexity index is 583. The van der Waals surface area contributed by atoms with Crippen LogP contribution in [-0.4, -0.2) is 17.5 Å². The number of aryl methyl sites for hydroxylation is 2. The van der Waals surface area contributed by atoms with Crippen LogP contribution in [0.2, 0.25) is 0 Å². The van der Waals surface area contributed by atoms with Crippen molar-refractivity contribution in [2.75, 3.05) is 0 Å². The highest BCUT2D eigenvalue weighted by molar-refractivity contribution is 7.79. The van der Waals surface area contributed by atoms with Crippen molar-refractivity contribution in [3.8, 4) is 0 Å². The zero-order valence-electron chi connectivity index (χ0n) is 15.0. The summed E-state index contributed by atoms with van der Waals surface area (Å²) in [7, 11) is -5.17. The molecule has 0 saturated heterocycles. The standard InChI is InChI=1S/2C9H14N.H2O4S/c2*1-2-3-7-10-8-5-4-6-9-10;1-5(2,3)4/h2*4-6,8-9H,2-3,7H2,1H3;(H2,1,2,3,4)/q2*+1;/p-2. The van der Waals surface area contributed by atoms with E-state index in [-0.39, 0.29) is 0 Å². The van der Waals surface area contributed by atoms with Crippen LogP contribution in [0.4, 0.5) is 0 Å². The molecule has 0 saturated carbocycles. The maximum Gasteiger partial charge on any atom is 0.168 e. The van der Waals surface area contributed by atoms with E-state index in [0.29, 0.717) is 0 Å². The molecule has 0 aliphatic carbocycles. The fourth-order valence-corrected chi connectivity index (χ4v) is 1.85. The van der Waals surface area contributed by atoms with Gasteiger partial charge >= 0.3 is 0 Å². The van der Waals surface area contributed by atoms with Gasteiger partial charge in [0.15, 0.2) is 24.8 Å². The molecule has 0 fully saturated rings. The molecule has 0 radical (unpaired) electrons. The number of nitrogens with zero attached hydrogens (tertiary/aromatic N) is 2. The summed E-state index contributed by atoms with van der Waals surface area (Å²) in [5.74, 6) is 0. The lowest BCUT2D eigenvalue weighted by atomic mass is 10.3. The molecule has 0 aliphatic rings. The van der Waals surface area contributed by atoms with Crippen molar-refractivity contribution in [2.45, 2.75) is 52.6 Å². The summed E-state index contributed by atoms with van der Waals surface area (Å²) in [4.78, 5) is 0. The van der Waals surface area contributed by atoms with Crippen molar-refractivity contribution >= 4 is 10.4 Å². The second-order valence-corrected chi connectivity index (χ2v) is 6.16. The van der Waals surface area contributed by atoms with Crippen LogP contribution in [0.15, 0.2) is 61.2 Å². The van der Waals surface area contributed by atoms with E-state index >= 15 is 0 Å².